The van der Waals surface area contributed by atoms with E-state index in [4.69, 9.17) is 4.74 Å². The average Bonchev–Trinajstić information content (AvgIpc) is 2.35. The van der Waals surface area contributed by atoms with E-state index in [0.717, 1.165) is 30.8 Å². The highest BCUT2D eigenvalue weighted by Crippen LogP contribution is 2.16. The SMILES string of the molecule is CCCOc1ccc(C(=O)C(C)CC)cc1. The number of hydrogen-bond acceptors (Lipinski definition) is 2. The van der Waals surface area contributed by atoms with Crippen LogP contribution in [0.1, 0.15) is 44.0 Å². The van der Waals surface area contributed by atoms with E-state index in [1.54, 1.807) is 0 Å². The Labute approximate surface area is 97.6 Å². The number of carbonyl (C=O) groups is 1. The summed E-state index contributed by atoms with van der Waals surface area (Å²) in [5.41, 5.74) is 0.776. The molecule has 0 aromatic heterocycles. The van der Waals surface area contributed by atoms with Crippen LogP contribution in [0, 0.1) is 5.92 Å². The van der Waals surface area contributed by atoms with Crippen molar-refractivity contribution >= 4 is 5.78 Å². The maximum Gasteiger partial charge on any atom is 0.165 e. The van der Waals surface area contributed by atoms with Gasteiger partial charge in [-0.15, -0.1) is 0 Å². The predicted molar refractivity (Wildman–Crippen MR) is 66.0 cm³/mol. The highest BCUT2D eigenvalue weighted by atomic mass is 16.5. The first-order valence-corrected chi connectivity index (χ1v) is 5.96. The number of carbonyl (C=O) groups excluding carboxylic acids is 1. The Bertz CT molecular complexity index is 327. The van der Waals surface area contributed by atoms with E-state index in [0.29, 0.717) is 0 Å². The van der Waals surface area contributed by atoms with Crippen molar-refractivity contribution in [3.05, 3.63) is 29.8 Å². The molecule has 2 heteroatoms. The molecule has 1 aromatic carbocycles. The normalized spacial score (nSPS) is 12.2. The predicted octanol–water partition coefficient (Wildman–Crippen LogP) is 3.70. The summed E-state index contributed by atoms with van der Waals surface area (Å²) in [5.74, 6) is 1.15. The van der Waals surface area contributed by atoms with Crippen LogP contribution in [-0.2, 0) is 0 Å². The molecule has 88 valence electrons. The molecule has 1 atom stereocenters. The quantitative estimate of drug-likeness (QED) is 0.683. The van der Waals surface area contributed by atoms with Gasteiger partial charge in [-0.1, -0.05) is 20.8 Å². The Morgan fingerprint density at radius 2 is 1.88 bits per heavy atom. The second-order valence-electron chi connectivity index (χ2n) is 4.05. The second-order valence-corrected chi connectivity index (χ2v) is 4.05. The summed E-state index contributed by atoms with van der Waals surface area (Å²) >= 11 is 0. The molecule has 1 aromatic rings. The molecule has 2 nitrogen and oxygen atoms in total. The molecule has 0 heterocycles. The zero-order valence-electron chi connectivity index (χ0n) is 10.3. The van der Waals surface area contributed by atoms with Gasteiger partial charge in [-0.25, -0.2) is 0 Å². The van der Waals surface area contributed by atoms with Gasteiger partial charge in [0, 0.05) is 11.5 Å². The number of benzene rings is 1. The van der Waals surface area contributed by atoms with E-state index >= 15 is 0 Å². The molecule has 1 rings (SSSR count). The molecule has 0 aliphatic carbocycles. The van der Waals surface area contributed by atoms with Crippen LogP contribution in [0.25, 0.3) is 0 Å². The third-order valence-electron chi connectivity index (χ3n) is 2.67. The van der Waals surface area contributed by atoms with Crippen LogP contribution < -0.4 is 4.74 Å². The molecular weight excluding hydrogens is 200 g/mol. The minimum atomic E-state index is 0.0995. The Morgan fingerprint density at radius 1 is 1.25 bits per heavy atom. The molecule has 0 bridgehead atoms. The van der Waals surface area contributed by atoms with E-state index in [1.807, 2.05) is 38.1 Å². The van der Waals surface area contributed by atoms with Crippen molar-refractivity contribution < 1.29 is 9.53 Å². The summed E-state index contributed by atoms with van der Waals surface area (Å²) < 4.78 is 5.47. The molecule has 0 aliphatic heterocycles. The highest BCUT2D eigenvalue weighted by molar-refractivity contribution is 5.97. The number of hydrogen-bond donors (Lipinski definition) is 0. The molecular formula is C14H20O2. The lowest BCUT2D eigenvalue weighted by Gasteiger charge is -2.08. The lowest BCUT2D eigenvalue weighted by Crippen LogP contribution is -2.09. The topological polar surface area (TPSA) is 26.3 Å². The van der Waals surface area contributed by atoms with Crippen LogP contribution in [0.4, 0.5) is 0 Å². The van der Waals surface area contributed by atoms with Gasteiger partial charge in [0.25, 0.3) is 0 Å². The summed E-state index contributed by atoms with van der Waals surface area (Å²) in [7, 11) is 0. The minimum Gasteiger partial charge on any atom is -0.494 e. The maximum absolute atomic E-state index is 11.9. The first-order valence-electron chi connectivity index (χ1n) is 5.96. The van der Waals surface area contributed by atoms with E-state index in [2.05, 4.69) is 6.92 Å². The Balaban J connectivity index is 2.67. The van der Waals surface area contributed by atoms with Gasteiger partial charge >= 0.3 is 0 Å². The van der Waals surface area contributed by atoms with E-state index in [1.165, 1.54) is 0 Å². The number of rotatable bonds is 6. The Morgan fingerprint density at radius 3 is 2.38 bits per heavy atom. The Hall–Kier alpha value is -1.31. The molecule has 0 N–H and O–H groups in total. The van der Waals surface area contributed by atoms with Gasteiger partial charge in [-0.05, 0) is 37.1 Å². The van der Waals surface area contributed by atoms with E-state index < -0.39 is 0 Å². The van der Waals surface area contributed by atoms with Gasteiger partial charge in [0.1, 0.15) is 5.75 Å². The highest BCUT2D eigenvalue weighted by Gasteiger charge is 2.12. The first-order chi connectivity index (χ1) is 7.69. The molecule has 0 saturated heterocycles. The van der Waals surface area contributed by atoms with Crippen molar-refractivity contribution in [3.63, 3.8) is 0 Å². The second kappa shape index (κ2) is 6.31. The summed E-state index contributed by atoms with van der Waals surface area (Å²) in [4.78, 5) is 11.9. The lowest BCUT2D eigenvalue weighted by molar-refractivity contribution is 0.0927. The van der Waals surface area contributed by atoms with Crippen molar-refractivity contribution in [2.75, 3.05) is 6.61 Å². The fraction of sp³-hybridized carbons (Fsp3) is 0.500. The van der Waals surface area contributed by atoms with Crippen LogP contribution >= 0.6 is 0 Å². The Kier molecular flexibility index (Phi) is 5.03. The van der Waals surface area contributed by atoms with Gasteiger partial charge in [-0.2, -0.15) is 0 Å². The van der Waals surface area contributed by atoms with Gasteiger partial charge in [-0.3, -0.25) is 4.79 Å². The number of ether oxygens (including phenoxy) is 1. The molecule has 0 saturated carbocycles. The van der Waals surface area contributed by atoms with Gasteiger partial charge in [0.05, 0.1) is 6.61 Å². The fourth-order valence-corrected chi connectivity index (χ4v) is 1.41. The largest absolute Gasteiger partial charge is 0.494 e. The summed E-state index contributed by atoms with van der Waals surface area (Å²) in [6.07, 6.45) is 1.88. The molecule has 1 unspecified atom stereocenters. The molecule has 16 heavy (non-hydrogen) atoms. The molecule has 0 spiro atoms. The summed E-state index contributed by atoms with van der Waals surface area (Å²) in [6, 6.07) is 7.43. The van der Waals surface area contributed by atoms with Crippen molar-refractivity contribution in [1.82, 2.24) is 0 Å². The van der Waals surface area contributed by atoms with Crippen molar-refractivity contribution in [2.24, 2.45) is 5.92 Å². The summed E-state index contributed by atoms with van der Waals surface area (Å²) in [6.45, 7) is 6.78. The van der Waals surface area contributed by atoms with Crippen LogP contribution in [0.15, 0.2) is 24.3 Å². The van der Waals surface area contributed by atoms with Gasteiger partial charge in [0.15, 0.2) is 5.78 Å². The number of Topliss-reactive ketones (excluding diaryl/α,β-unsaturated/α-hetero) is 1. The average molecular weight is 220 g/mol. The first kappa shape index (κ1) is 12.8. The van der Waals surface area contributed by atoms with Crippen LogP contribution in [0.2, 0.25) is 0 Å². The van der Waals surface area contributed by atoms with Crippen LogP contribution in [0.3, 0.4) is 0 Å². The third-order valence-corrected chi connectivity index (χ3v) is 2.67. The third kappa shape index (κ3) is 3.37. The minimum absolute atomic E-state index is 0.0995. The monoisotopic (exact) mass is 220 g/mol. The fourth-order valence-electron chi connectivity index (χ4n) is 1.41. The summed E-state index contributed by atoms with van der Waals surface area (Å²) in [5, 5.41) is 0. The van der Waals surface area contributed by atoms with E-state index in [9.17, 15) is 4.79 Å². The number of ketones is 1. The van der Waals surface area contributed by atoms with Crippen LogP contribution in [0.5, 0.6) is 5.75 Å². The molecule has 0 fully saturated rings. The maximum atomic E-state index is 11.9. The zero-order chi connectivity index (χ0) is 12.0. The standard InChI is InChI=1S/C14H20O2/c1-4-10-16-13-8-6-12(7-9-13)14(15)11(3)5-2/h6-9,11H,4-5,10H2,1-3H3. The van der Waals surface area contributed by atoms with Gasteiger partial charge in [0.2, 0.25) is 0 Å². The zero-order valence-corrected chi connectivity index (χ0v) is 10.3. The van der Waals surface area contributed by atoms with Crippen molar-refractivity contribution in [2.45, 2.75) is 33.6 Å². The van der Waals surface area contributed by atoms with Crippen molar-refractivity contribution in [3.8, 4) is 5.75 Å². The van der Waals surface area contributed by atoms with Crippen LogP contribution in [-0.4, -0.2) is 12.4 Å². The van der Waals surface area contributed by atoms with Crippen molar-refractivity contribution in [1.29, 1.82) is 0 Å². The van der Waals surface area contributed by atoms with Gasteiger partial charge < -0.3 is 4.74 Å². The smallest absolute Gasteiger partial charge is 0.165 e. The molecule has 0 amide bonds. The molecule has 0 aliphatic rings. The van der Waals surface area contributed by atoms with E-state index in [-0.39, 0.29) is 11.7 Å². The lowest BCUT2D eigenvalue weighted by atomic mass is 9.97. The molecule has 0 radical (unpaired) electrons.